The van der Waals surface area contributed by atoms with Crippen LogP contribution in [0.1, 0.15) is 102 Å². The number of rotatable bonds is 13. The van der Waals surface area contributed by atoms with E-state index in [1.54, 1.807) is 12.1 Å². The van der Waals surface area contributed by atoms with Gasteiger partial charge in [-0.05, 0) is 98.3 Å². The molecule has 0 aromatic heterocycles. The maximum absolute atomic E-state index is 14.9. The average molecular weight is 792 g/mol. The molecule has 2 spiro atoms. The van der Waals surface area contributed by atoms with Crippen molar-refractivity contribution in [2.45, 2.75) is 128 Å². The maximum atomic E-state index is 14.9. The fraction of sp³-hybridized carbons (Fsp3) is 0.638. The number of ether oxygens (including phenoxy) is 2. The minimum Gasteiger partial charge on any atom is -0.406 e. The average Bonchev–Trinajstić information content (AvgIpc) is 3.45. The van der Waals surface area contributed by atoms with E-state index in [2.05, 4.69) is 36.8 Å². The Morgan fingerprint density at radius 2 is 1.56 bits per heavy atom. The second kappa shape index (κ2) is 15.2. The molecule has 9 atom stereocenters. The molecule has 4 saturated carbocycles. The Bertz CT molecular complexity index is 1830. The van der Waals surface area contributed by atoms with Crippen LogP contribution in [0, 0.1) is 39.4 Å². The number of carbonyl (C=O) groups excluding carboxylic acids is 1. The molecule has 2 bridgehead atoms. The number of aliphatic hydroxyl groups is 3. The summed E-state index contributed by atoms with van der Waals surface area (Å²) in [6.07, 6.45) is 11.3. The molecule has 7 aliphatic rings. The summed E-state index contributed by atoms with van der Waals surface area (Å²) in [5.74, 6) is 0.200. The zero-order chi connectivity index (χ0) is 40.3. The van der Waals surface area contributed by atoms with E-state index in [9.17, 15) is 33.3 Å². The minimum atomic E-state index is -4.80. The second-order valence-electron chi connectivity index (χ2n) is 19.0. The molecule has 0 amide bonds. The fourth-order valence-corrected chi connectivity index (χ4v) is 13.1. The third-order valence-electron chi connectivity index (χ3n) is 15.9. The van der Waals surface area contributed by atoms with Crippen LogP contribution < -0.4 is 4.74 Å². The number of alkyl halides is 3. The zero-order valence-electron chi connectivity index (χ0n) is 33.5. The molecular weight excluding hydrogens is 732 g/mol. The standard InChI is InChI=1S/C47H60F3NO6/c1-42-20-17-35(52)25-44(42)23-24-46(38(26-44)41(54)34-11-7-4-8-12-34)39(42)18-21-43(2)40(46)19-22-45(43,55)31-51(27-32-13-15-37(16-14-32)57-47(48,49)50)28-36(53)30-56-29-33-9-5-3-6-10-33/h3,5-6,9-10,13-16,23-24,26,34-36,39-40,52-53,55H,4,7-8,11-12,17-22,25,27-31H2,1-2H3/t35?,36-,39-,40-,42-,43+,44+,45-,46-/m1/s1. The quantitative estimate of drug-likeness (QED) is 0.175. The summed E-state index contributed by atoms with van der Waals surface area (Å²) in [7, 11) is 0. The fourth-order valence-electron chi connectivity index (χ4n) is 13.1. The lowest BCUT2D eigenvalue weighted by Crippen LogP contribution is -2.67. The number of halogens is 3. The van der Waals surface area contributed by atoms with Gasteiger partial charge in [0.15, 0.2) is 5.78 Å². The first-order valence-corrected chi connectivity index (χ1v) is 21.3. The number of nitrogens with zero attached hydrogens (tertiary/aromatic N) is 1. The molecule has 0 radical (unpaired) electrons. The third-order valence-corrected chi connectivity index (χ3v) is 15.9. The van der Waals surface area contributed by atoms with E-state index in [1.165, 1.54) is 12.1 Å². The molecule has 310 valence electrons. The van der Waals surface area contributed by atoms with Gasteiger partial charge in [-0.15, -0.1) is 13.2 Å². The van der Waals surface area contributed by atoms with Crippen molar-refractivity contribution in [3.63, 3.8) is 0 Å². The van der Waals surface area contributed by atoms with Gasteiger partial charge in [-0.1, -0.05) is 93.8 Å². The molecule has 3 N–H and O–H groups in total. The van der Waals surface area contributed by atoms with E-state index in [1.807, 2.05) is 35.2 Å². The van der Waals surface area contributed by atoms with E-state index in [0.29, 0.717) is 19.4 Å². The van der Waals surface area contributed by atoms with Crippen molar-refractivity contribution in [1.82, 2.24) is 4.90 Å². The van der Waals surface area contributed by atoms with Crippen LogP contribution in [0.5, 0.6) is 5.75 Å². The highest BCUT2D eigenvalue weighted by atomic mass is 19.4. The summed E-state index contributed by atoms with van der Waals surface area (Å²) in [6, 6.07) is 15.5. The van der Waals surface area contributed by atoms with Crippen molar-refractivity contribution in [2.75, 3.05) is 19.7 Å². The van der Waals surface area contributed by atoms with Crippen molar-refractivity contribution in [3.05, 3.63) is 89.5 Å². The minimum absolute atomic E-state index is 0.00513. The van der Waals surface area contributed by atoms with E-state index >= 15 is 0 Å². The van der Waals surface area contributed by atoms with E-state index in [4.69, 9.17) is 4.74 Å². The molecular formula is C47H60F3NO6. The number of carbonyl (C=O) groups is 1. The summed E-state index contributed by atoms with van der Waals surface area (Å²) in [6.45, 7) is 5.74. The molecule has 2 aromatic rings. The number of hydrogen-bond donors (Lipinski definition) is 3. The number of ketones is 1. The van der Waals surface area contributed by atoms with Crippen LogP contribution in [0.4, 0.5) is 13.2 Å². The van der Waals surface area contributed by atoms with Gasteiger partial charge in [-0.3, -0.25) is 9.69 Å². The Morgan fingerprint density at radius 3 is 2.28 bits per heavy atom. The molecule has 7 nitrogen and oxygen atoms in total. The lowest BCUT2D eigenvalue weighted by atomic mass is 9.32. The number of benzene rings is 2. The summed E-state index contributed by atoms with van der Waals surface area (Å²) < 4.78 is 48.9. The monoisotopic (exact) mass is 791 g/mol. The van der Waals surface area contributed by atoms with Gasteiger partial charge in [0, 0.05) is 47.4 Å². The number of aliphatic hydroxyl groups excluding tert-OH is 2. The van der Waals surface area contributed by atoms with Crippen LogP contribution in [0.2, 0.25) is 0 Å². The van der Waals surface area contributed by atoms with Crippen LogP contribution in [0.25, 0.3) is 0 Å². The third kappa shape index (κ3) is 7.23. The molecule has 9 rings (SSSR count). The normalized spacial score (nSPS) is 36.6. The Hall–Kier alpha value is -3.02. The molecule has 10 heteroatoms. The lowest BCUT2D eigenvalue weighted by Gasteiger charge is -2.71. The Kier molecular flexibility index (Phi) is 10.9. The van der Waals surface area contributed by atoms with Crippen LogP contribution >= 0.6 is 0 Å². The van der Waals surface area contributed by atoms with Gasteiger partial charge >= 0.3 is 6.36 Å². The molecule has 0 saturated heterocycles. The SMILES string of the molecule is C[C@]12CC[C@H]3[C@]4(C=C[C@@]5(C=C4C(=O)C4CCCCC4)CC(O)CC[C@]35C)[C@@H]1CC[C@@]2(O)CN(Cc1ccc(OC(F)(F)F)cc1)C[C@@H](O)COCc1ccccc1. The number of hydrogen-bond acceptors (Lipinski definition) is 7. The van der Waals surface area contributed by atoms with Crippen LogP contribution in [0.3, 0.4) is 0 Å². The lowest BCUT2D eigenvalue weighted by molar-refractivity contribution is -0.274. The molecule has 4 fully saturated rings. The predicted octanol–water partition coefficient (Wildman–Crippen LogP) is 8.71. The highest BCUT2D eigenvalue weighted by Gasteiger charge is 2.74. The molecule has 7 aliphatic carbocycles. The first-order chi connectivity index (χ1) is 27.1. The molecule has 57 heavy (non-hydrogen) atoms. The van der Waals surface area contributed by atoms with Crippen molar-refractivity contribution >= 4 is 5.78 Å². The van der Waals surface area contributed by atoms with E-state index < -0.39 is 35.0 Å². The van der Waals surface area contributed by atoms with Crippen molar-refractivity contribution in [2.24, 2.45) is 39.4 Å². The largest absolute Gasteiger partial charge is 0.573 e. The van der Waals surface area contributed by atoms with Crippen LogP contribution in [-0.4, -0.2) is 69.9 Å². The Morgan fingerprint density at radius 1 is 0.877 bits per heavy atom. The number of Topliss-reactive ketones (excluding diaryl/α,β-unsaturated/α-hetero) is 1. The summed E-state index contributed by atoms with van der Waals surface area (Å²) in [5.41, 5.74) is -0.0909. The van der Waals surface area contributed by atoms with Gasteiger partial charge < -0.3 is 24.8 Å². The van der Waals surface area contributed by atoms with Gasteiger partial charge in [-0.2, -0.15) is 0 Å². The van der Waals surface area contributed by atoms with Crippen LogP contribution in [0.15, 0.2) is 78.4 Å². The summed E-state index contributed by atoms with van der Waals surface area (Å²) >= 11 is 0. The van der Waals surface area contributed by atoms with E-state index in [-0.39, 0.29) is 66.4 Å². The van der Waals surface area contributed by atoms with Gasteiger partial charge in [0.25, 0.3) is 0 Å². The van der Waals surface area contributed by atoms with Crippen molar-refractivity contribution in [1.29, 1.82) is 0 Å². The predicted molar refractivity (Wildman–Crippen MR) is 211 cm³/mol. The maximum Gasteiger partial charge on any atom is 0.573 e. The topological polar surface area (TPSA) is 99.5 Å². The zero-order valence-corrected chi connectivity index (χ0v) is 33.5. The first kappa shape index (κ1) is 40.7. The van der Waals surface area contributed by atoms with Crippen molar-refractivity contribution < 1.29 is 42.8 Å². The molecule has 0 heterocycles. The first-order valence-electron chi connectivity index (χ1n) is 21.3. The molecule has 2 aromatic carbocycles. The van der Waals surface area contributed by atoms with Gasteiger partial charge in [0.1, 0.15) is 5.75 Å². The second-order valence-corrected chi connectivity index (χ2v) is 19.0. The smallest absolute Gasteiger partial charge is 0.406 e. The van der Waals surface area contributed by atoms with Crippen LogP contribution in [-0.2, 0) is 22.7 Å². The Labute approximate surface area is 335 Å². The highest BCUT2D eigenvalue weighted by molar-refractivity contribution is 6.00. The van der Waals surface area contributed by atoms with Gasteiger partial charge in [-0.25, -0.2) is 0 Å². The van der Waals surface area contributed by atoms with Crippen molar-refractivity contribution in [3.8, 4) is 5.75 Å². The number of allylic oxidation sites excluding steroid dienone is 4. The molecule has 0 aliphatic heterocycles. The highest BCUT2D eigenvalue weighted by Crippen LogP contribution is 2.78. The van der Waals surface area contributed by atoms with E-state index in [0.717, 1.165) is 80.9 Å². The summed E-state index contributed by atoms with van der Waals surface area (Å²) in [5, 5.41) is 35.6. The van der Waals surface area contributed by atoms with Gasteiger partial charge in [0.2, 0.25) is 0 Å². The Balaban J connectivity index is 1.09. The van der Waals surface area contributed by atoms with Gasteiger partial charge in [0.05, 0.1) is 31.0 Å². The summed E-state index contributed by atoms with van der Waals surface area (Å²) in [4.78, 5) is 17.0. The molecule has 1 unspecified atom stereocenters. The number of fused-ring (bicyclic) bond motifs is 1.